The van der Waals surface area contributed by atoms with Gasteiger partial charge in [0.15, 0.2) is 6.10 Å². The molecule has 156 valence electrons. The molecule has 1 amide bonds. The molecular weight excluding hydrogens is 392 g/mol. The smallest absolute Gasteiger partial charge is 0.313 e. The van der Waals surface area contributed by atoms with Gasteiger partial charge in [0.25, 0.3) is 5.91 Å². The Kier molecular flexibility index (Phi) is 6.30. The van der Waals surface area contributed by atoms with E-state index in [0.29, 0.717) is 0 Å². The number of methoxy groups -OCH3 is 1. The molecule has 0 bridgehead atoms. The number of amides is 1. The SMILES string of the molecule is COc1ccc2cc([C@H](C)C(=O)O[C@H](C)C(=O)Nc3cc(F)ccc3F)ccc2c1. The lowest BCUT2D eigenvalue weighted by atomic mass is 9.98. The lowest BCUT2D eigenvalue weighted by Gasteiger charge is -2.17. The van der Waals surface area contributed by atoms with E-state index in [1.807, 2.05) is 30.3 Å². The highest BCUT2D eigenvalue weighted by Crippen LogP contribution is 2.26. The van der Waals surface area contributed by atoms with Crippen molar-refractivity contribution in [3.05, 3.63) is 71.8 Å². The molecule has 1 N–H and O–H groups in total. The van der Waals surface area contributed by atoms with Gasteiger partial charge in [-0.2, -0.15) is 0 Å². The number of carbonyl (C=O) groups is 2. The van der Waals surface area contributed by atoms with E-state index in [2.05, 4.69) is 5.32 Å². The van der Waals surface area contributed by atoms with Crippen LogP contribution in [0.25, 0.3) is 10.8 Å². The fraction of sp³-hybridized carbons (Fsp3) is 0.217. The van der Waals surface area contributed by atoms with E-state index in [0.717, 1.165) is 40.3 Å². The Labute approximate surface area is 172 Å². The van der Waals surface area contributed by atoms with Gasteiger partial charge in [-0.3, -0.25) is 9.59 Å². The lowest BCUT2D eigenvalue weighted by Crippen LogP contribution is -2.31. The number of fused-ring (bicyclic) bond motifs is 1. The number of halogens is 2. The van der Waals surface area contributed by atoms with E-state index in [1.165, 1.54) is 6.92 Å². The largest absolute Gasteiger partial charge is 0.497 e. The van der Waals surface area contributed by atoms with Crippen LogP contribution in [0.15, 0.2) is 54.6 Å². The molecular formula is C23H21F2NO4. The quantitative estimate of drug-likeness (QED) is 0.590. The number of hydrogen-bond acceptors (Lipinski definition) is 4. The number of carbonyl (C=O) groups excluding carboxylic acids is 2. The van der Waals surface area contributed by atoms with Crippen LogP contribution < -0.4 is 10.1 Å². The monoisotopic (exact) mass is 413 g/mol. The first-order chi connectivity index (χ1) is 14.3. The molecule has 0 spiro atoms. The number of ether oxygens (including phenoxy) is 2. The van der Waals surface area contributed by atoms with Crippen LogP contribution in [0.2, 0.25) is 0 Å². The summed E-state index contributed by atoms with van der Waals surface area (Å²) in [5.74, 6) is -2.74. The topological polar surface area (TPSA) is 64.6 Å². The standard InChI is InChI=1S/C23H21F2NO4/c1-13(15-4-5-17-11-19(29-3)8-6-16(17)10-15)23(28)30-14(2)22(27)26-21-12-18(24)7-9-20(21)25/h4-14H,1-3H3,(H,26,27)/t13-,14+/m0/s1. The van der Waals surface area contributed by atoms with Crippen LogP contribution in [0, 0.1) is 11.6 Å². The second-order valence-electron chi connectivity index (χ2n) is 6.89. The van der Waals surface area contributed by atoms with Gasteiger partial charge in [-0.1, -0.05) is 24.3 Å². The Balaban J connectivity index is 1.67. The summed E-state index contributed by atoms with van der Waals surface area (Å²) in [6.45, 7) is 3.04. The number of benzene rings is 3. The Morgan fingerprint density at radius 2 is 1.63 bits per heavy atom. The molecule has 0 heterocycles. The highest BCUT2D eigenvalue weighted by Gasteiger charge is 2.24. The van der Waals surface area contributed by atoms with Gasteiger partial charge >= 0.3 is 5.97 Å². The molecule has 5 nitrogen and oxygen atoms in total. The maximum atomic E-state index is 13.7. The highest BCUT2D eigenvalue weighted by molar-refractivity contribution is 5.95. The van der Waals surface area contributed by atoms with Crippen molar-refractivity contribution in [3.63, 3.8) is 0 Å². The van der Waals surface area contributed by atoms with Crippen LogP contribution >= 0.6 is 0 Å². The molecule has 3 rings (SSSR count). The third kappa shape index (κ3) is 4.74. The minimum absolute atomic E-state index is 0.319. The molecule has 2 atom stereocenters. The van der Waals surface area contributed by atoms with Crippen molar-refractivity contribution in [3.8, 4) is 5.75 Å². The third-order valence-corrected chi connectivity index (χ3v) is 4.77. The van der Waals surface area contributed by atoms with Crippen LogP contribution in [0.1, 0.15) is 25.3 Å². The summed E-state index contributed by atoms with van der Waals surface area (Å²) in [6, 6.07) is 13.9. The van der Waals surface area contributed by atoms with Gasteiger partial charge in [0.1, 0.15) is 17.4 Å². The Morgan fingerprint density at radius 3 is 2.37 bits per heavy atom. The van der Waals surface area contributed by atoms with Gasteiger partial charge in [-0.05, 0) is 54.4 Å². The first-order valence-electron chi connectivity index (χ1n) is 9.32. The fourth-order valence-electron chi connectivity index (χ4n) is 2.93. The molecule has 0 aromatic heterocycles. The molecule has 0 aliphatic rings. The molecule has 0 saturated heterocycles. The van der Waals surface area contributed by atoms with Gasteiger partial charge in [-0.25, -0.2) is 8.78 Å². The average Bonchev–Trinajstić information content (AvgIpc) is 2.74. The minimum Gasteiger partial charge on any atom is -0.497 e. The van der Waals surface area contributed by atoms with E-state index in [1.54, 1.807) is 20.1 Å². The van der Waals surface area contributed by atoms with Crippen molar-refractivity contribution in [1.82, 2.24) is 0 Å². The van der Waals surface area contributed by atoms with Crippen molar-refractivity contribution in [1.29, 1.82) is 0 Å². The third-order valence-electron chi connectivity index (χ3n) is 4.77. The lowest BCUT2D eigenvalue weighted by molar-refractivity contribution is -0.154. The number of esters is 1. The Morgan fingerprint density at radius 1 is 0.933 bits per heavy atom. The van der Waals surface area contributed by atoms with Crippen molar-refractivity contribution in [2.75, 3.05) is 12.4 Å². The molecule has 3 aromatic carbocycles. The molecule has 0 aliphatic carbocycles. The summed E-state index contributed by atoms with van der Waals surface area (Å²) >= 11 is 0. The molecule has 3 aromatic rings. The van der Waals surface area contributed by atoms with Gasteiger partial charge in [0.2, 0.25) is 0 Å². The normalized spacial score (nSPS) is 12.8. The Hall–Kier alpha value is -3.48. The number of nitrogens with one attached hydrogen (secondary N) is 1. The first kappa shape index (κ1) is 21.2. The summed E-state index contributed by atoms with van der Waals surface area (Å²) in [7, 11) is 1.59. The van der Waals surface area contributed by atoms with E-state index in [4.69, 9.17) is 9.47 Å². The summed E-state index contributed by atoms with van der Waals surface area (Å²) in [4.78, 5) is 24.7. The van der Waals surface area contributed by atoms with Crippen LogP contribution in [-0.4, -0.2) is 25.1 Å². The molecule has 0 aliphatic heterocycles. The fourth-order valence-corrected chi connectivity index (χ4v) is 2.93. The minimum atomic E-state index is -1.19. The van der Waals surface area contributed by atoms with Crippen LogP contribution in [0.4, 0.5) is 14.5 Å². The Bertz CT molecular complexity index is 1100. The average molecular weight is 413 g/mol. The number of hydrogen-bond donors (Lipinski definition) is 1. The molecule has 0 saturated carbocycles. The second-order valence-corrected chi connectivity index (χ2v) is 6.89. The van der Waals surface area contributed by atoms with E-state index < -0.39 is 35.5 Å². The van der Waals surface area contributed by atoms with E-state index in [-0.39, 0.29) is 5.69 Å². The predicted octanol–water partition coefficient (Wildman–Crippen LogP) is 4.80. The zero-order valence-corrected chi connectivity index (χ0v) is 16.7. The molecule has 0 unspecified atom stereocenters. The second kappa shape index (κ2) is 8.90. The zero-order chi connectivity index (χ0) is 21.8. The van der Waals surface area contributed by atoms with Crippen LogP contribution in [-0.2, 0) is 14.3 Å². The van der Waals surface area contributed by atoms with E-state index in [9.17, 15) is 18.4 Å². The highest BCUT2D eigenvalue weighted by atomic mass is 19.1. The van der Waals surface area contributed by atoms with Gasteiger partial charge in [-0.15, -0.1) is 0 Å². The van der Waals surface area contributed by atoms with Crippen molar-refractivity contribution < 1.29 is 27.8 Å². The number of anilines is 1. The number of rotatable bonds is 6. The van der Waals surface area contributed by atoms with Gasteiger partial charge in [0.05, 0.1) is 18.7 Å². The van der Waals surface area contributed by atoms with Gasteiger partial charge in [0, 0.05) is 6.07 Å². The molecule has 0 radical (unpaired) electrons. The predicted molar refractivity (Wildman–Crippen MR) is 109 cm³/mol. The molecule has 7 heteroatoms. The van der Waals surface area contributed by atoms with Crippen molar-refractivity contribution >= 4 is 28.3 Å². The summed E-state index contributed by atoms with van der Waals surface area (Å²) in [5.41, 5.74) is 0.405. The van der Waals surface area contributed by atoms with Crippen molar-refractivity contribution in [2.24, 2.45) is 0 Å². The van der Waals surface area contributed by atoms with Crippen LogP contribution in [0.3, 0.4) is 0 Å². The van der Waals surface area contributed by atoms with Crippen molar-refractivity contribution in [2.45, 2.75) is 25.9 Å². The van der Waals surface area contributed by atoms with Crippen LogP contribution in [0.5, 0.6) is 5.75 Å². The summed E-state index contributed by atoms with van der Waals surface area (Å²) < 4.78 is 37.4. The summed E-state index contributed by atoms with van der Waals surface area (Å²) in [5, 5.41) is 4.12. The first-order valence-corrected chi connectivity index (χ1v) is 9.32. The molecule has 0 fully saturated rings. The van der Waals surface area contributed by atoms with Gasteiger partial charge < -0.3 is 14.8 Å². The zero-order valence-electron chi connectivity index (χ0n) is 16.7. The maximum absolute atomic E-state index is 13.7. The van der Waals surface area contributed by atoms with E-state index >= 15 is 0 Å². The maximum Gasteiger partial charge on any atom is 0.313 e. The molecule has 30 heavy (non-hydrogen) atoms. The summed E-state index contributed by atoms with van der Waals surface area (Å²) in [6.07, 6.45) is -1.19.